The summed E-state index contributed by atoms with van der Waals surface area (Å²) in [7, 11) is -9.64. The van der Waals surface area contributed by atoms with Crippen molar-refractivity contribution in [2.75, 3.05) is 19.8 Å². The van der Waals surface area contributed by atoms with Gasteiger partial charge in [0.2, 0.25) is 0 Å². The van der Waals surface area contributed by atoms with Crippen LogP contribution in [0.1, 0.15) is 6.92 Å². The average molecular weight is 430 g/mol. The lowest BCUT2D eigenvalue weighted by Gasteiger charge is -2.30. The van der Waals surface area contributed by atoms with E-state index in [1.54, 1.807) is 0 Å². The van der Waals surface area contributed by atoms with Crippen LogP contribution >= 0.6 is 7.82 Å². The zero-order valence-corrected chi connectivity index (χ0v) is 21.4. The van der Waals surface area contributed by atoms with Crippen molar-refractivity contribution in [1.29, 1.82) is 0 Å². The number of oxime groups is 1. The molecule has 0 aromatic carbocycles. The third-order valence-corrected chi connectivity index (χ3v) is 9.78. The van der Waals surface area contributed by atoms with Gasteiger partial charge in [0.05, 0.1) is 6.61 Å². The first kappa shape index (κ1) is 25.2. The summed E-state index contributed by atoms with van der Waals surface area (Å²) < 4.78 is 36.1. The maximum atomic E-state index is 13.1. The van der Waals surface area contributed by atoms with Crippen molar-refractivity contribution in [2.24, 2.45) is 5.16 Å². The fraction of sp³-hybridized carbons (Fsp3) is 0.929. The Morgan fingerprint density at radius 2 is 1.32 bits per heavy atom. The van der Waals surface area contributed by atoms with Crippen LogP contribution < -0.4 is 0 Å². The van der Waals surface area contributed by atoms with Crippen LogP contribution in [0.5, 0.6) is 0 Å². The highest BCUT2D eigenvalue weighted by atomic mass is 31.2. The Morgan fingerprint density at radius 1 is 0.840 bits per heavy atom. The molecule has 0 aliphatic heterocycles. The van der Waals surface area contributed by atoms with E-state index in [0.717, 1.165) is 0 Å². The second-order valence-electron chi connectivity index (χ2n) is 8.60. The highest BCUT2D eigenvalue weighted by Gasteiger charge is 2.38. The van der Waals surface area contributed by atoms with Gasteiger partial charge in [-0.05, 0) is 65.8 Å². The molecule has 0 spiro atoms. The first-order valence-electron chi connectivity index (χ1n) is 8.53. The van der Waals surface area contributed by atoms with Crippen molar-refractivity contribution in [3.63, 3.8) is 0 Å². The second-order valence-corrected chi connectivity index (χ2v) is 24.2. The number of hydrogen-bond donors (Lipinski definition) is 0. The van der Waals surface area contributed by atoms with Crippen molar-refractivity contribution >= 4 is 38.5 Å². The highest BCUT2D eigenvalue weighted by Crippen LogP contribution is 2.53. The molecule has 0 saturated carbocycles. The van der Waals surface area contributed by atoms with Crippen molar-refractivity contribution in [3.05, 3.63) is 0 Å². The Bertz CT molecular complexity index is 462. The van der Waals surface area contributed by atoms with Crippen LogP contribution in [0.4, 0.5) is 0 Å². The smallest absolute Gasteiger partial charge is 0.412 e. The van der Waals surface area contributed by atoms with Crippen LogP contribution in [0.3, 0.4) is 0 Å². The minimum Gasteiger partial charge on any atom is -0.412 e. The van der Waals surface area contributed by atoms with Crippen molar-refractivity contribution in [1.82, 2.24) is 0 Å². The molecule has 0 unspecified atom stereocenters. The van der Waals surface area contributed by atoms with E-state index >= 15 is 0 Å². The molecular formula is C14H36NO6PSi3. The lowest BCUT2D eigenvalue weighted by atomic mass is 10.4. The van der Waals surface area contributed by atoms with E-state index in [0.29, 0.717) is 12.3 Å². The number of nitrogens with zero attached hydrogens (tertiary/aromatic N) is 1. The van der Waals surface area contributed by atoms with Crippen molar-refractivity contribution in [2.45, 2.75) is 65.8 Å². The van der Waals surface area contributed by atoms with Crippen LogP contribution in [0, 0.1) is 0 Å². The van der Waals surface area contributed by atoms with E-state index in [2.05, 4.69) is 24.8 Å². The molecule has 0 aliphatic carbocycles. The lowest BCUT2D eigenvalue weighted by molar-refractivity contribution is 0.152. The van der Waals surface area contributed by atoms with E-state index in [1.165, 1.54) is 0 Å². The summed E-state index contributed by atoms with van der Waals surface area (Å²) in [5.41, 5.74) is 0.530. The molecule has 0 aromatic heterocycles. The molecular weight excluding hydrogens is 393 g/mol. The monoisotopic (exact) mass is 429 g/mol. The normalized spacial score (nSPS) is 14.7. The first-order valence-corrected chi connectivity index (χ1v) is 20.2. The second kappa shape index (κ2) is 9.93. The van der Waals surface area contributed by atoms with E-state index < -0.39 is 32.8 Å². The Hall–Kier alpha value is 0.191. The Kier molecular flexibility index (Phi) is 10.0. The van der Waals surface area contributed by atoms with E-state index in [9.17, 15) is 4.57 Å². The maximum Gasteiger partial charge on any atom is 0.455 e. The van der Waals surface area contributed by atoms with Gasteiger partial charge in [0.1, 0.15) is 18.9 Å². The lowest BCUT2D eigenvalue weighted by Crippen LogP contribution is -2.32. The maximum absolute atomic E-state index is 13.1. The quantitative estimate of drug-likeness (QED) is 0.187. The van der Waals surface area contributed by atoms with Crippen molar-refractivity contribution in [3.8, 4) is 0 Å². The minimum atomic E-state index is -3.67. The van der Waals surface area contributed by atoms with Gasteiger partial charge in [0.15, 0.2) is 25.0 Å². The molecule has 0 N–H and O–H groups in total. The average Bonchev–Trinajstić information content (AvgIpc) is 2.31. The summed E-state index contributed by atoms with van der Waals surface area (Å²) in [5, 5.41) is 4.02. The fourth-order valence-corrected chi connectivity index (χ4v) is 8.63. The molecule has 0 aliphatic rings. The van der Waals surface area contributed by atoms with Gasteiger partial charge in [-0.15, -0.1) is 0 Å². The fourth-order valence-electron chi connectivity index (χ4n) is 1.45. The Labute approximate surface area is 156 Å². The van der Waals surface area contributed by atoms with Gasteiger partial charge in [0.25, 0.3) is 0 Å². The number of hydrogen-bond acceptors (Lipinski definition) is 7. The molecule has 0 bridgehead atoms. The number of phosphoric acid groups is 1. The van der Waals surface area contributed by atoms with Gasteiger partial charge < -0.3 is 17.7 Å². The van der Waals surface area contributed by atoms with Gasteiger partial charge in [-0.3, -0.25) is 4.52 Å². The van der Waals surface area contributed by atoms with Crippen molar-refractivity contribution < 1.29 is 26.8 Å². The topological polar surface area (TPSA) is 75.6 Å². The zero-order valence-electron chi connectivity index (χ0n) is 17.5. The van der Waals surface area contributed by atoms with Gasteiger partial charge in [-0.2, -0.15) is 0 Å². The molecule has 0 heterocycles. The molecule has 0 amide bonds. The highest BCUT2D eigenvalue weighted by molar-refractivity contribution is 7.52. The van der Waals surface area contributed by atoms with Crippen LogP contribution in [-0.4, -0.2) is 50.5 Å². The molecule has 0 radical (unpaired) electrons. The van der Waals surface area contributed by atoms with Crippen LogP contribution in [0.2, 0.25) is 58.9 Å². The third-order valence-electron chi connectivity index (χ3n) is 2.16. The molecule has 11 heteroatoms. The number of rotatable bonds is 12. The predicted molar refractivity (Wildman–Crippen MR) is 111 cm³/mol. The molecule has 0 atom stereocenters. The van der Waals surface area contributed by atoms with Gasteiger partial charge in [-0.1, -0.05) is 5.16 Å². The summed E-state index contributed by atoms with van der Waals surface area (Å²) in [5.74, 6) is 0. The molecule has 25 heavy (non-hydrogen) atoms. The van der Waals surface area contributed by atoms with Gasteiger partial charge in [0, 0.05) is 0 Å². The van der Waals surface area contributed by atoms with Crippen LogP contribution in [-0.2, 0) is 26.8 Å². The molecule has 0 fully saturated rings. The summed E-state index contributed by atoms with van der Waals surface area (Å²) in [6, 6.07) is 0. The summed E-state index contributed by atoms with van der Waals surface area (Å²) >= 11 is 0. The largest absolute Gasteiger partial charge is 0.455 e. The summed E-state index contributed by atoms with van der Waals surface area (Å²) in [4.78, 5) is 5.12. The molecule has 0 aromatic rings. The molecule has 150 valence electrons. The molecule has 0 rings (SSSR count). The molecule has 7 nitrogen and oxygen atoms in total. The third kappa shape index (κ3) is 15.0. The standard InChI is InChI=1S/C14H36NO6PSi3/c1-11-17-15-14(13-19-23(2,3)4)12-18-22(16,20-24(5,6)7)21-25(8,9)10/h11-13H2,1-10H3/b15-14-. The summed E-state index contributed by atoms with van der Waals surface area (Å²) in [6.07, 6.45) is 0. The Morgan fingerprint density at radius 3 is 1.68 bits per heavy atom. The Balaban J connectivity index is 5.14. The summed E-state index contributed by atoms with van der Waals surface area (Å²) in [6.45, 7) is 20.5. The minimum absolute atomic E-state index is 0.0171. The first-order chi connectivity index (χ1) is 11.1. The van der Waals surface area contributed by atoms with Gasteiger partial charge >= 0.3 is 7.82 Å². The zero-order chi connectivity index (χ0) is 19.9. The van der Waals surface area contributed by atoms with E-state index in [4.69, 9.17) is 22.2 Å². The van der Waals surface area contributed by atoms with Gasteiger partial charge in [-0.25, -0.2) is 4.57 Å². The predicted octanol–water partition coefficient (Wildman–Crippen LogP) is 5.06. The molecule has 0 saturated heterocycles. The van der Waals surface area contributed by atoms with E-state index in [1.807, 2.05) is 46.2 Å². The van der Waals surface area contributed by atoms with E-state index in [-0.39, 0.29) is 13.2 Å². The van der Waals surface area contributed by atoms with Crippen LogP contribution in [0.25, 0.3) is 0 Å². The van der Waals surface area contributed by atoms with Crippen LogP contribution in [0.15, 0.2) is 5.16 Å². The SMILES string of the molecule is CCO/N=C(\CO[Si](C)(C)C)COP(=O)(O[Si](C)(C)C)O[Si](C)(C)C.